The van der Waals surface area contributed by atoms with Crippen LogP contribution in [0.15, 0.2) is 9.95 Å². The summed E-state index contributed by atoms with van der Waals surface area (Å²) in [5.41, 5.74) is -0.115. The topological polar surface area (TPSA) is 62.7 Å². The lowest BCUT2D eigenvalue weighted by Crippen LogP contribution is -2.20. The molecule has 1 aromatic heterocycles. The SMILES string of the molecule is CNC(C)CCCCSc1n[nH]c(=O)n1C(C)C. The molecule has 2 N–H and O–H groups in total. The number of aromatic amines is 1. The van der Waals surface area contributed by atoms with Crippen LogP contribution in [-0.4, -0.2) is 33.6 Å². The van der Waals surface area contributed by atoms with Crippen molar-refractivity contribution in [3.8, 4) is 0 Å². The highest BCUT2D eigenvalue weighted by molar-refractivity contribution is 7.99. The molecule has 1 unspecified atom stereocenters. The third-order valence-corrected chi connectivity index (χ3v) is 3.98. The van der Waals surface area contributed by atoms with Gasteiger partial charge in [0, 0.05) is 17.8 Å². The van der Waals surface area contributed by atoms with E-state index < -0.39 is 0 Å². The summed E-state index contributed by atoms with van der Waals surface area (Å²) in [4.78, 5) is 11.5. The number of hydrogen-bond acceptors (Lipinski definition) is 4. The molecule has 5 nitrogen and oxygen atoms in total. The van der Waals surface area contributed by atoms with E-state index in [1.54, 1.807) is 16.3 Å². The molecule has 1 aromatic rings. The molecule has 6 heteroatoms. The molecule has 18 heavy (non-hydrogen) atoms. The second kappa shape index (κ2) is 7.63. The molecule has 0 amide bonds. The maximum absolute atomic E-state index is 11.5. The summed E-state index contributed by atoms with van der Waals surface area (Å²) in [7, 11) is 1.99. The zero-order chi connectivity index (χ0) is 13.5. The number of aromatic nitrogens is 3. The van der Waals surface area contributed by atoms with Crippen LogP contribution in [0.3, 0.4) is 0 Å². The number of unbranched alkanes of at least 4 members (excludes halogenated alkanes) is 1. The summed E-state index contributed by atoms with van der Waals surface area (Å²) in [6, 6.07) is 0.734. The lowest BCUT2D eigenvalue weighted by molar-refractivity contribution is 0.531. The van der Waals surface area contributed by atoms with Crippen molar-refractivity contribution >= 4 is 11.8 Å². The van der Waals surface area contributed by atoms with Gasteiger partial charge in [-0.1, -0.05) is 18.2 Å². The van der Waals surface area contributed by atoms with Crippen molar-refractivity contribution < 1.29 is 0 Å². The maximum Gasteiger partial charge on any atom is 0.344 e. The number of hydrogen-bond donors (Lipinski definition) is 2. The Labute approximate surface area is 113 Å². The first-order valence-electron chi connectivity index (χ1n) is 6.53. The van der Waals surface area contributed by atoms with Gasteiger partial charge in [0.1, 0.15) is 0 Å². The molecular weight excluding hydrogens is 248 g/mol. The maximum atomic E-state index is 11.5. The minimum Gasteiger partial charge on any atom is -0.317 e. The van der Waals surface area contributed by atoms with Crippen LogP contribution < -0.4 is 11.0 Å². The molecule has 0 fully saturated rings. The Morgan fingerprint density at radius 2 is 2.11 bits per heavy atom. The summed E-state index contributed by atoms with van der Waals surface area (Å²) in [6.07, 6.45) is 3.54. The first-order chi connectivity index (χ1) is 8.56. The number of rotatable bonds is 8. The van der Waals surface area contributed by atoms with Crippen LogP contribution in [-0.2, 0) is 0 Å². The molecule has 0 saturated heterocycles. The van der Waals surface area contributed by atoms with Crippen molar-refractivity contribution in [1.82, 2.24) is 20.1 Å². The van der Waals surface area contributed by atoms with Crippen LogP contribution in [0.2, 0.25) is 0 Å². The molecule has 1 atom stereocenters. The molecule has 0 aliphatic heterocycles. The summed E-state index contributed by atoms with van der Waals surface area (Å²) in [5, 5.41) is 10.6. The number of H-pyrrole nitrogens is 1. The van der Waals surface area contributed by atoms with Gasteiger partial charge < -0.3 is 5.32 Å². The van der Waals surface area contributed by atoms with Gasteiger partial charge in [0.05, 0.1) is 0 Å². The van der Waals surface area contributed by atoms with E-state index >= 15 is 0 Å². The number of nitrogens with zero attached hydrogens (tertiary/aromatic N) is 2. The van der Waals surface area contributed by atoms with Crippen LogP contribution >= 0.6 is 11.8 Å². The Balaban J connectivity index is 2.34. The van der Waals surface area contributed by atoms with Crippen molar-refractivity contribution in [2.24, 2.45) is 0 Å². The Kier molecular flexibility index (Phi) is 6.49. The highest BCUT2D eigenvalue weighted by atomic mass is 32.2. The zero-order valence-electron chi connectivity index (χ0n) is 11.7. The van der Waals surface area contributed by atoms with Crippen LogP contribution in [0.1, 0.15) is 46.1 Å². The highest BCUT2D eigenvalue weighted by Crippen LogP contribution is 2.18. The quantitative estimate of drug-likeness (QED) is 0.561. The Morgan fingerprint density at radius 1 is 1.39 bits per heavy atom. The third kappa shape index (κ3) is 4.49. The van der Waals surface area contributed by atoms with E-state index in [1.165, 1.54) is 12.8 Å². The van der Waals surface area contributed by atoms with E-state index in [0.717, 1.165) is 17.3 Å². The fourth-order valence-electron chi connectivity index (χ4n) is 1.71. The predicted molar refractivity (Wildman–Crippen MR) is 76.3 cm³/mol. The fourth-order valence-corrected chi connectivity index (χ4v) is 2.78. The first kappa shape index (κ1) is 15.3. The van der Waals surface area contributed by atoms with E-state index in [9.17, 15) is 4.79 Å². The smallest absolute Gasteiger partial charge is 0.317 e. The van der Waals surface area contributed by atoms with Gasteiger partial charge >= 0.3 is 5.69 Å². The largest absolute Gasteiger partial charge is 0.344 e. The van der Waals surface area contributed by atoms with Gasteiger partial charge in [-0.15, -0.1) is 5.10 Å². The summed E-state index contributed by atoms with van der Waals surface area (Å²) in [6.45, 7) is 6.18. The molecule has 0 aromatic carbocycles. The minimum absolute atomic E-state index is 0.115. The van der Waals surface area contributed by atoms with Crippen LogP contribution in [0.25, 0.3) is 0 Å². The molecule has 0 saturated carbocycles. The van der Waals surface area contributed by atoms with E-state index in [0.29, 0.717) is 6.04 Å². The van der Waals surface area contributed by atoms with Gasteiger partial charge in [0.25, 0.3) is 0 Å². The van der Waals surface area contributed by atoms with Gasteiger partial charge in [0.15, 0.2) is 5.16 Å². The summed E-state index contributed by atoms with van der Waals surface area (Å²) < 4.78 is 1.71. The monoisotopic (exact) mass is 272 g/mol. The van der Waals surface area contributed by atoms with Crippen LogP contribution in [0.4, 0.5) is 0 Å². The molecule has 0 radical (unpaired) electrons. The molecule has 1 heterocycles. The van der Waals surface area contributed by atoms with Crippen molar-refractivity contribution in [3.63, 3.8) is 0 Å². The van der Waals surface area contributed by atoms with Gasteiger partial charge in [-0.25, -0.2) is 9.89 Å². The summed E-state index contributed by atoms with van der Waals surface area (Å²) >= 11 is 1.66. The predicted octanol–water partition coefficient (Wildman–Crippen LogP) is 2.02. The van der Waals surface area contributed by atoms with E-state index in [-0.39, 0.29) is 11.7 Å². The molecule has 0 bridgehead atoms. The van der Waals surface area contributed by atoms with E-state index in [4.69, 9.17) is 0 Å². The average molecular weight is 272 g/mol. The Morgan fingerprint density at radius 3 is 2.72 bits per heavy atom. The molecular formula is C12H24N4OS. The lowest BCUT2D eigenvalue weighted by atomic mass is 10.1. The van der Waals surface area contributed by atoms with Gasteiger partial charge in [0.2, 0.25) is 0 Å². The molecule has 0 spiro atoms. The lowest BCUT2D eigenvalue weighted by Gasteiger charge is -2.10. The second-order valence-corrected chi connectivity index (χ2v) is 5.87. The van der Waals surface area contributed by atoms with Crippen LogP contribution in [0.5, 0.6) is 0 Å². The van der Waals surface area contributed by atoms with Crippen LogP contribution in [0, 0.1) is 0 Å². The number of nitrogens with one attached hydrogen (secondary N) is 2. The van der Waals surface area contributed by atoms with Gasteiger partial charge in [-0.2, -0.15) is 0 Å². The Hall–Kier alpha value is -0.750. The van der Waals surface area contributed by atoms with E-state index in [2.05, 4.69) is 22.4 Å². The molecule has 0 aliphatic rings. The third-order valence-electron chi connectivity index (χ3n) is 2.94. The highest BCUT2D eigenvalue weighted by Gasteiger charge is 2.11. The molecule has 0 aliphatic carbocycles. The number of thioether (sulfide) groups is 1. The Bertz CT molecular complexity index is 399. The van der Waals surface area contributed by atoms with Gasteiger partial charge in [-0.05, 0) is 40.7 Å². The van der Waals surface area contributed by atoms with Crippen molar-refractivity contribution in [2.75, 3.05) is 12.8 Å². The van der Waals surface area contributed by atoms with Crippen molar-refractivity contribution in [1.29, 1.82) is 0 Å². The van der Waals surface area contributed by atoms with E-state index in [1.807, 2.05) is 20.9 Å². The second-order valence-electron chi connectivity index (χ2n) is 4.81. The standard InChI is InChI=1S/C12H24N4OS/c1-9(2)16-11(17)14-15-12(16)18-8-6-5-7-10(3)13-4/h9-10,13H,5-8H2,1-4H3,(H,14,17). The average Bonchev–Trinajstić information content (AvgIpc) is 2.69. The molecule has 104 valence electrons. The summed E-state index contributed by atoms with van der Waals surface area (Å²) in [5.74, 6) is 1.01. The fraction of sp³-hybridized carbons (Fsp3) is 0.833. The van der Waals surface area contributed by atoms with Gasteiger partial charge in [-0.3, -0.25) is 4.57 Å². The first-order valence-corrected chi connectivity index (χ1v) is 7.51. The van der Waals surface area contributed by atoms with Crippen molar-refractivity contribution in [3.05, 3.63) is 10.5 Å². The minimum atomic E-state index is -0.115. The van der Waals surface area contributed by atoms with Crippen molar-refractivity contribution in [2.45, 2.75) is 57.3 Å². The molecule has 1 rings (SSSR count). The normalized spacial score (nSPS) is 13.2. The zero-order valence-corrected chi connectivity index (χ0v) is 12.5.